The fraction of sp³-hybridized carbons (Fsp3) is 0.714. The second kappa shape index (κ2) is 6.13. The summed E-state index contributed by atoms with van der Waals surface area (Å²) in [7, 11) is 0.653. The van der Waals surface area contributed by atoms with Crippen molar-refractivity contribution < 1.29 is 13.0 Å². The molecule has 2 unspecified atom stereocenters. The van der Waals surface area contributed by atoms with Crippen molar-refractivity contribution in [1.82, 2.24) is 4.67 Å². The summed E-state index contributed by atoms with van der Waals surface area (Å²) in [6.07, 6.45) is 0.715. The Kier molecular flexibility index (Phi) is 5.91. The van der Waals surface area contributed by atoms with E-state index in [1.807, 2.05) is 4.67 Å². The number of hydrogen-bond donors (Lipinski definition) is 1. The molecule has 0 radical (unpaired) electrons. The topological polar surface area (TPSA) is 93.8 Å². The van der Waals surface area contributed by atoms with Crippen LogP contribution in [0.25, 0.3) is 0 Å². The maximum absolute atomic E-state index is 9.19. The van der Waals surface area contributed by atoms with Crippen molar-refractivity contribution in [3.8, 4) is 6.07 Å². The first kappa shape index (κ1) is 14.5. The normalized spacial score (nSPS) is 24.5. The minimum atomic E-state index is -3.67. The third-order valence-corrected chi connectivity index (χ3v) is 2.02. The van der Waals surface area contributed by atoms with Crippen LogP contribution < -0.4 is 0 Å². The van der Waals surface area contributed by atoms with E-state index in [0.717, 1.165) is 18.8 Å². The molecule has 0 spiro atoms. The summed E-state index contributed by atoms with van der Waals surface area (Å²) in [5.74, 6) is 0.0162. The molecule has 0 bridgehead atoms. The third-order valence-electron chi connectivity index (χ3n) is 1.63. The van der Waals surface area contributed by atoms with E-state index in [1.165, 1.54) is 0 Å². The van der Waals surface area contributed by atoms with E-state index in [2.05, 4.69) is 20.5 Å². The maximum atomic E-state index is 9.19. The maximum Gasteiger partial charge on any atom is 0.261 e. The molecule has 0 amide bonds. The van der Waals surface area contributed by atoms with Crippen LogP contribution >= 0.6 is 9.39 Å². The zero-order valence-electron chi connectivity index (χ0n) is 8.58. The van der Waals surface area contributed by atoms with Crippen LogP contribution in [0.15, 0.2) is 4.99 Å². The molecule has 0 aliphatic carbocycles. The van der Waals surface area contributed by atoms with Crippen LogP contribution in [0.3, 0.4) is 0 Å². The van der Waals surface area contributed by atoms with Gasteiger partial charge >= 0.3 is 0 Å². The van der Waals surface area contributed by atoms with E-state index in [1.54, 1.807) is 7.05 Å². The van der Waals surface area contributed by atoms with Gasteiger partial charge in [0.25, 0.3) is 10.1 Å². The second-order valence-corrected chi connectivity index (χ2v) is 5.26. The first-order valence-corrected chi connectivity index (χ1v) is 6.41. The molecule has 8 heteroatoms. The van der Waals surface area contributed by atoms with Crippen LogP contribution in [0.2, 0.25) is 0 Å². The van der Waals surface area contributed by atoms with Gasteiger partial charge < -0.3 is 0 Å². The molecule has 1 aliphatic rings. The Hall–Kier alpha value is -0.540. The third kappa shape index (κ3) is 7.40. The van der Waals surface area contributed by atoms with E-state index < -0.39 is 10.1 Å². The van der Waals surface area contributed by atoms with Gasteiger partial charge in [0.1, 0.15) is 0 Å². The molecular formula is C7H14N3O3PS. The van der Waals surface area contributed by atoms with Gasteiger partial charge in [-0.3, -0.25) is 14.2 Å². The zero-order chi connectivity index (χ0) is 12.1. The van der Waals surface area contributed by atoms with Crippen LogP contribution in [0.4, 0.5) is 0 Å². The molecular weight excluding hydrogens is 237 g/mol. The molecule has 2 atom stereocenters. The molecule has 86 valence electrons. The Balaban J connectivity index is 0.000000336. The molecule has 0 aromatic heterocycles. The molecule has 1 fully saturated rings. The minimum absolute atomic E-state index is 0.0162. The zero-order valence-corrected chi connectivity index (χ0v) is 10.6. The van der Waals surface area contributed by atoms with E-state index in [-0.39, 0.29) is 5.92 Å². The van der Waals surface area contributed by atoms with E-state index >= 15 is 0 Å². The largest absolute Gasteiger partial charge is 0.295 e. The molecule has 15 heavy (non-hydrogen) atoms. The summed E-state index contributed by atoms with van der Waals surface area (Å²) in [5, 5.41) is 8.62. The first-order chi connectivity index (χ1) is 6.77. The summed E-state index contributed by atoms with van der Waals surface area (Å²) < 4.78 is 27.9. The SMILES string of the molecule is CN=C1CN(P)CC1C#N.CS(=O)(=O)O. The van der Waals surface area contributed by atoms with Crippen LogP contribution in [-0.2, 0) is 10.1 Å². The lowest BCUT2D eigenvalue weighted by molar-refractivity contribution is 0.490. The monoisotopic (exact) mass is 251 g/mol. The summed E-state index contributed by atoms with van der Waals surface area (Å²) >= 11 is 0. The van der Waals surface area contributed by atoms with Crippen molar-refractivity contribution >= 4 is 25.2 Å². The van der Waals surface area contributed by atoms with Crippen LogP contribution in [0.1, 0.15) is 0 Å². The summed E-state index contributed by atoms with van der Waals surface area (Å²) in [5.41, 5.74) is 0.998. The standard InChI is InChI=1S/C6H10N3P.CH4O3S/c1-8-6-4-9(10)3-5(6)2-7;1-5(2,3)4/h5H,3-4,10H2,1H3;1H3,(H,2,3,4). The van der Waals surface area contributed by atoms with E-state index in [0.29, 0.717) is 6.26 Å². The number of nitrogens with zero attached hydrogens (tertiary/aromatic N) is 3. The predicted octanol–water partition coefficient (Wildman–Crippen LogP) is -0.193. The fourth-order valence-electron chi connectivity index (χ4n) is 1.06. The molecule has 0 aromatic carbocycles. The lowest BCUT2D eigenvalue weighted by atomic mass is 10.1. The molecule has 1 saturated heterocycles. The van der Waals surface area contributed by atoms with Gasteiger partial charge in [-0.25, -0.2) is 0 Å². The van der Waals surface area contributed by atoms with Gasteiger partial charge in [-0.15, -0.1) is 0 Å². The highest BCUT2D eigenvalue weighted by Gasteiger charge is 2.25. The van der Waals surface area contributed by atoms with Crippen LogP contribution in [0, 0.1) is 17.2 Å². The lowest BCUT2D eigenvalue weighted by Crippen LogP contribution is -2.08. The van der Waals surface area contributed by atoms with Crippen LogP contribution in [0.5, 0.6) is 0 Å². The van der Waals surface area contributed by atoms with Gasteiger partial charge in [0.05, 0.1) is 18.2 Å². The molecule has 1 aliphatic heterocycles. The highest BCUT2D eigenvalue weighted by molar-refractivity contribution is 7.85. The Labute approximate surface area is 92.0 Å². The van der Waals surface area contributed by atoms with Crippen LogP contribution in [-0.4, -0.2) is 49.7 Å². The number of hydrogen-bond acceptors (Lipinski definition) is 5. The van der Waals surface area contributed by atoms with Crippen molar-refractivity contribution in [3.05, 3.63) is 0 Å². The lowest BCUT2D eigenvalue weighted by Gasteiger charge is -2.00. The predicted molar refractivity (Wildman–Crippen MR) is 61.2 cm³/mol. The highest BCUT2D eigenvalue weighted by atomic mass is 32.2. The van der Waals surface area contributed by atoms with Crippen molar-refractivity contribution in [2.45, 2.75) is 0 Å². The number of aliphatic imine (C=N–C) groups is 1. The minimum Gasteiger partial charge on any atom is -0.295 e. The van der Waals surface area contributed by atoms with Crippen molar-refractivity contribution in [2.75, 3.05) is 26.4 Å². The second-order valence-electron chi connectivity index (χ2n) is 3.06. The molecule has 0 aromatic rings. The average molecular weight is 251 g/mol. The van der Waals surface area contributed by atoms with Gasteiger partial charge in [0.2, 0.25) is 0 Å². The Morgan fingerprint density at radius 1 is 1.73 bits per heavy atom. The number of nitriles is 1. The molecule has 0 saturated carbocycles. The molecule has 1 heterocycles. The Morgan fingerprint density at radius 3 is 2.47 bits per heavy atom. The highest BCUT2D eigenvalue weighted by Crippen LogP contribution is 2.15. The summed E-state index contributed by atoms with van der Waals surface area (Å²) in [6, 6.07) is 2.21. The van der Waals surface area contributed by atoms with Crippen molar-refractivity contribution in [2.24, 2.45) is 10.9 Å². The van der Waals surface area contributed by atoms with Gasteiger partial charge in [0.15, 0.2) is 0 Å². The molecule has 1 N–H and O–H groups in total. The van der Waals surface area contributed by atoms with Crippen molar-refractivity contribution in [3.63, 3.8) is 0 Å². The van der Waals surface area contributed by atoms with Gasteiger partial charge in [-0.2, -0.15) is 13.7 Å². The van der Waals surface area contributed by atoms with E-state index in [4.69, 9.17) is 9.81 Å². The van der Waals surface area contributed by atoms with Crippen molar-refractivity contribution in [1.29, 1.82) is 5.26 Å². The summed E-state index contributed by atoms with van der Waals surface area (Å²) in [4.78, 5) is 4.03. The summed E-state index contributed by atoms with van der Waals surface area (Å²) in [6.45, 7) is 1.62. The van der Waals surface area contributed by atoms with E-state index in [9.17, 15) is 8.42 Å². The average Bonchev–Trinajstić information content (AvgIpc) is 2.43. The fourth-order valence-corrected chi connectivity index (χ4v) is 1.46. The molecule has 6 nitrogen and oxygen atoms in total. The quantitative estimate of drug-likeness (QED) is 0.475. The molecule has 1 rings (SSSR count). The van der Waals surface area contributed by atoms with Gasteiger partial charge in [-0.1, -0.05) is 9.39 Å². The smallest absolute Gasteiger partial charge is 0.261 e. The number of rotatable bonds is 0. The van der Waals surface area contributed by atoms with Gasteiger partial charge in [0, 0.05) is 25.8 Å². The van der Waals surface area contributed by atoms with Gasteiger partial charge in [-0.05, 0) is 0 Å². The Bertz CT molecular complexity index is 365. The Morgan fingerprint density at radius 2 is 2.20 bits per heavy atom. The first-order valence-electron chi connectivity index (χ1n) is 4.05.